The van der Waals surface area contributed by atoms with Gasteiger partial charge in [0.1, 0.15) is 0 Å². The van der Waals surface area contributed by atoms with Gasteiger partial charge in [0.25, 0.3) is 0 Å². The molecule has 0 amide bonds. The Morgan fingerprint density at radius 2 is 0.750 bits per heavy atom. The Balaban J connectivity index is 0.00000163. The zero-order chi connectivity index (χ0) is 20.2. The van der Waals surface area contributed by atoms with Crippen LogP contribution in [0.15, 0.2) is 0 Å². The molecular weight excluding hydrogens is 390 g/mol. The van der Waals surface area contributed by atoms with Crippen molar-refractivity contribution in [3.05, 3.63) is 0 Å². The minimum absolute atomic E-state index is 0.250. The second-order valence-corrected chi connectivity index (χ2v) is 4.34. The van der Waals surface area contributed by atoms with Crippen LogP contribution in [-0.2, 0) is 0 Å². The van der Waals surface area contributed by atoms with Gasteiger partial charge in [-0.05, 0) is 6.92 Å². The van der Waals surface area contributed by atoms with E-state index < -0.39 is 41.5 Å². The quantitative estimate of drug-likeness (QED) is 0.601. The predicted molar refractivity (Wildman–Crippen MR) is 47.4 cm³/mol. The third kappa shape index (κ3) is 2.18. The van der Waals surface area contributed by atoms with Crippen LogP contribution >= 0.6 is 0 Å². The molecule has 0 radical (unpaired) electrons. The van der Waals surface area contributed by atoms with E-state index in [-0.39, 0.29) is 6.61 Å². The van der Waals surface area contributed by atoms with Gasteiger partial charge in [0.05, 0.1) is 0 Å². The third-order valence-corrected chi connectivity index (χ3v) is 2.83. The van der Waals surface area contributed by atoms with E-state index in [0.29, 0.717) is 0 Å². The molecule has 1 fully saturated rings. The van der Waals surface area contributed by atoms with E-state index in [4.69, 9.17) is 5.11 Å². The lowest BCUT2D eigenvalue weighted by Gasteiger charge is -2.52. The number of halogens is 14. The molecule has 0 unspecified atom stereocenters. The van der Waals surface area contributed by atoms with Gasteiger partial charge in [-0.25, -0.2) is 4.39 Å². The molecule has 0 bridgehead atoms. The fourth-order valence-corrected chi connectivity index (χ4v) is 1.58. The van der Waals surface area contributed by atoms with Crippen LogP contribution in [0.2, 0.25) is 0 Å². The van der Waals surface area contributed by atoms with Crippen molar-refractivity contribution >= 4 is 0 Å². The Hall–Kier alpha value is -1.02. The highest BCUT2D eigenvalue weighted by Gasteiger charge is 3.05. The first-order chi connectivity index (χ1) is 10.2. The molecule has 24 heavy (non-hydrogen) atoms. The summed E-state index contributed by atoms with van der Waals surface area (Å²) in [6.07, 6.45) is -7.70. The lowest BCUT2D eigenvalue weighted by atomic mass is 9.72. The van der Waals surface area contributed by atoms with Crippen molar-refractivity contribution in [2.45, 2.75) is 48.4 Å². The number of alkyl halides is 14. The lowest BCUT2D eigenvalue weighted by molar-refractivity contribution is -0.515. The Morgan fingerprint density at radius 1 is 0.583 bits per heavy atom. The van der Waals surface area contributed by atoms with Crippen LogP contribution in [0, 0.1) is 0 Å². The van der Waals surface area contributed by atoms with Gasteiger partial charge in [-0.1, -0.05) is 0 Å². The molecule has 0 saturated heterocycles. The number of hydrogen-bond acceptors (Lipinski definition) is 1. The zero-order valence-electron chi connectivity index (χ0n) is 10.9. The molecular formula is C9H6F14O. The van der Waals surface area contributed by atoms with Crippen molar-refractivity contribution in [3.63, 3.8) is 0 Å². The van der Waals surface area contributed by atoms with Crippen LogP contribution in [0.1, 0.15) is 6.92 Å². The Morgan fingerprint density at radius 3 is 0.917 bits per heavy atom. The number of rotatable bonds is 0. The van der Waals surface area contributed by atoms with Crippen LogP contribution in [-0.4, -0.2) is 53.2 Å². The summed E-state index contributed by atoms with van der Waals surface area (Å²) in [4.78, 5) is 0. The smallest absolute Gasteiger partial charge is 0.397 e. The van der Waals surface area contributed by atoms with E-state index in [9.17, 15) is 61.5 Å². The summed E-state index contributed by atoms with van der Waals surface area (Å²) in [5, 5.41) is 7.57. The van der Waals surface area contributed by atoms with E-state index in [1.807, 2.05) is 0 Å². The average Bonchev–Trinajstić information content (AvgIpc) is 2.34. The van der Waals surface area contributed by atoms with Gasteiger partial charge < -0.3 is 5.11 Å². The summed E-state index contributed by atoms with van der Waals surface area (Å²) in [5.41, 5.74) is -7.91. The Bertz CT molecular complexity index is 433. The molecule has 15 heteroatoms. The SMILES string of the molecule is CCO.FC(F)(F)C1(F)C(F)(F)C(F)(F)C(F)(F)C(F)(F)C1(F)F. The predicted octanol–water partition coefficient (Wildman–Crippen LogP) is 4.45. The van der Waals surface area contributed by atoms with Crippen LogP contribution in [0.3, 0.4) is 0 Å². The van der Waals surface area contributed by atoms with Crippen molar-refractivity contribution in [1.29, 1.82) is 0 Å². The molecule has 0 aromatic heterocycles. The lowest BCUT2D eigenvalue weighted by Crippen LogP contribution is -2.86. The average molecular weight is 396 g/mol. The maximum absolute atomic E-state index is 13.1. The molecule has 1 rings (SSSR count). The topological polar surface area (TPSA) is 20.2 Å². The fraction of sp³-hybridized carbons (Fsp3) is 1.00. The highest BCUT2D eigenvalue weighted by molar-refractivity contribution is 5.28. The summed E-state index contributed by atoms with van der Waals surface area (Å²) in [6.45, 7) is 1.93. The molecule has 1 aliphatic rings. The largest absolute Gasteiger partial charge is 0.435 e. The molecule has 0 spiro atoms. The highest BCUT2D eigenvalue weighted by atomic mass is 19.4. The Labute approximate surface area is 123 Å². The van der Waals surface area contributed by atoms with Gasteiger partial charge in [-0.3, -0.25) is 0 Å². The second-order valence-electron chi connectivity index (χ2n) is 4.34. The van der Waals surface area contributed by atoms with E-state index in [2.05, 4.69) is 0 Å². The molecule has 0 aromatic rings. The molecule has 0 atom stereocenters. The Kier molecular flexibility index (Phi) is 5.26. The van der Waals surface area contributed by atoms with Crippen LogP contribution in [0.5, 0.6) is 0 Å². The molecule has 0 heterocycles. The van der Waals surface area contributed by atoms with E-state index in [0.717, 1.165) is 0 Å². The molecule has 1 saturated carbocycles. The minimum Gasteiger partial charge on any atom is -0.397 e. The first-order valence-corrected chi connectivity index (χ1v) is 5.42. The molecule has 146 valence electrons. The molecule has 1 N–H and O–H groups in total. The third-order valence-electron chi connectivity index (χ3n) is 2.83. The van der Waals surface area contributed by atoms with E-state index in [1.165, 1.54) is 0 Å². The van der Waals surface area contributed by atoms with Gasteiger partial charge in [-0.15, -0.1) is 0 Å². The molecule has 1 nitrogen and oxygen atoms in total. The second kappa shape index (κ2) is 5.49. The summed E-state index contributed by atoms with van der Waals surface area (Å²) in [6, 6.07) is 0. The summed E-state index contributed by atoms with van der Waals surface area (Å²) in [7, 11) is 0. The summed E-state index contributed by atoms with van der Waals surface area (Å²) in [5.74, 6) is -38.9. The summed E-state index contributed by atoms with van der Waals surface area (Å²) < 4.78 is 175. The maximum atomic E-state index is 13.1. The standard InChI is InChI=1S/C7F14.C2H6O/c8-1(7(19,20)21)2(9,10)4(13,14)6(17,18)5(15,16)3(1,11)12;1-2-3/h;3H,2H2,1H3. The normalized spacial score (nSPS) is 28.5. The number of aliphatic hydroxyl groups excluding tert-OH is 1. The minimum atomic E-state index is -7.91. The molecule has 1 aliphatic carbocycles. The van der Waals surface area contributed by atoms with Crippen LogP contribution in [0.4, 0.5) is 61.5 Å². The van der Waals surface area contributed by atoms with E-state index in [1.54, 1.807) is 6.92 Å². The first-order valence-electron chi connectivity index (χ1n) is 5.42. The number of hydrogen-bond donors (Lipinski definition) is 1. The van der Waals surface area contributed by atoms with Crippen molar-refractivity contribution in [2.24, 2.45) is 0 Å². The zero-order valence-corrected chi connectivity index (χ0v) is 10.9. The van der Waals surface area contributed by atoms with Crippen molar-refractivity contribution in [1.82, 2.24) is 0 Å². The van der Waals surface area contributed by atoms with Gasteiger partial charge >= 0.3 is 41.5 Å². The van der Waals surface area contributed by atoms with Gasteiger partial charge in [0.15, 0.2) is 0 Å². The van der Waals surface area contributed by atoms with Crippen molar-refractivity contribution < 1.29 is 66.6 Å². The molecule has 0 aliphatic heterocycles. The van der Waals surface area contributed by atoms with Crippen LogP contribution in [0.25, 0.3) is 0 Å². The highest BCUT2D eigenvalue weighted by Crippen LogP contribution is 2.72. The van der Waals surface area contributed by atoms with E-state index >= 15 is 0 Å². The van der Waals surface area contributed by atoms with Crippen LogP contribution < -0.4 is 0 Å². The van der Waals surface area contributed by atoms with Crippen molar-refractivity contribution in [3.8, 4) is 0 Å². The monoisotopic (exact) mass is 396 g/mol. The fourth-order valence-electron chi connectivity index (χ4n) is 1.58. The number of aliphatic hydroxyl groups is 1. The molecule has 0 aromatic carbocycles. The van der Waals surface area contributed by atoms with Gasteiger partial charge in [0, 0.05) is 6.61 Å². The van der Waals surface area contributed by atoms with Gasteiger partial charge in [0.2, 0.25) is 0 Å². The summed E-state index contributed by atoms with van der Waals surface area (Å²) >= 11 is 0. The maximum Gasteiger partial charge on any atom is 0.435 e. The van der Waals surface area contributed by atoms with Crippen molar-refractivity contribution in [2.75, 3.05) is 6.61 Å². The first kappa shape index (κ1) is 23.0. The van der Waals surface area contributed by atoms with Gasteiger partial charge in [-0.2, -0.15) is 57.1 Å².